The molecule has 1 rings (SSSR count). The van der Waals surface area contributed by atoms with Crippen LogP contribution in [0.25, 0.3) is 0 Å². The number of benzene rings is 1. The van der Waals surface area contributed by atoms with E-state index in [1.807, 2.05) is 24.3 Å². The summed E-state index contributed by atoms with van der Waals surface area (Å²) in [6.07, 6.45) is 2.46. The van der Waals surface area contributed by atoms with Crippen LogP contribution < -0.4 is 16.4 Å². The van der Waals surface area contributed by atoms with Gasteiger partial charge in [-0.15, -0.1) is 0 Å². The monoisotopic (exact) mass is 340 g/mol. The number of hydrogen-bond acceptors (Lipinski definition) is 2. The molecular weight excluding hydrogens is 320 g/mol. The average molecular weight is 341 g/mol. The minimum atomic E-state index is -0.0545. The molecule has 1 amide bonds. The molecule has 0 unspecified atom stereocenters. The molecule has 0 fully saturated rings. The standard InChI is InChI=1S/C14H21BrN4O/c1-2-3-9-17-14(16)18-10-8-13(20)19-12-6-4-11(15)5-7-12/h4-7H,2-3,8-10H2,1H3,(H,19,20)(H3,16,17,18). The number of amides is 1. The van der Waals surface area contributed by atoms with E-state index in [1.165, 1.54) is 0 Å². The Labute approximate surface area is 128 Å². The molecular formula is C14H21BrN4O. The molecule has 5 nitrogen and oxygen atoms in total. The van der Waals surface area contributed by atoms with Crippen molar-refractivity contribution in [3.8, 4) is 0 Å². The van der Waals surface area contributed by atoms with Crippen molar-refractivity contribution in [1.29, 1.82) is 0 Å². The number of nitrogens with one attached hydrogen (secondary N) is 2. The molecule has 6 heteroatoms. The molecule has 0 aliphatic heterocycles. The van der Waals surface area contributed by atoms with Gasteiger partial charge in [0.05, 0.1) is 0 Å². The van der Waals surface area contributed by atoms with Gasteiger partial charge in [-0.1, -0.05) is 29.3 Å². The number of carbonyl (C=O) groups excluding carboxylic acids is 1. The third-order valence-corrected chi connectivity index (χ3v) is 3.11. The third-order valence-electron chi connectivity index (χ3n) is 2.58. The second-order valence-corrected chi connectivity index (χ2v) is 5.27. The number of nitrogens with zero attached hydrogens (tertiary/aromatic N) is 1. The minimum absolute atomic E-state index is 0.0545. The molecule has 1 aromatic rings. The first kappa shape index (κ1) is 16.5. The quantitative estimate of drug-likeness (QED) is 0.405. The molecule has 4 N–H and O–H groups in total. The Morgan fingerprint density at radius 3 is 2.70 bits per heavy atom. The molecule has 0 atom stereocenters. The van der Waals surface area contributed by atoms with Gasteiger partial charge in [0.15, 0.2) is 5.96 Å². The molecule has 0 spiro atoms. The molecule has 1 aromatic carbocycles. The topological polar surface area (TPSA) is 79.5 Å². The Morgan fingerprint density at radius 1 is 1.35 bits per heavy atom. The Kier molecular flexibility index (Phi) is 7.72. The first-order chi connectivity index (χ1) is 9.61. The van der Waals surface area contributed by atoms with Crippen LogP contribution >= 0.6 is 15.9 Å². The summed E-state index contributed by atoms with van der Waals surface area (Å²) in [4.78, 5) is 15.8. The number of rotatable bonds is 7. The van der Waals surface area contributed by atoms with Crippen molar-refractivity contribution in [2.24, 2.45) is 10.7 Å². The zero-order chi connectivity index (χ0) is 14.8. The molecule has 0 aliphatic carbocycles. The summed E-state index contributed by atoms with van der Waals surface area (Å²) >= 11 is 3.35. The molecule has 0 heterocycles. The highest BCUT2D eigenvalue weighted by atomic mass is 79.9. The van der Waals surface area contributed by atoms with Crippen molar-refractivity contribution >= 4 is 33.5 Å². The maximum absolute atomic E-state index is 11.7. The van der Waals surface area contributed by atoms with Gasteiger partial charge < -0.3 is 16.4 Å². The first-order valence-electron chi connectivity index (χ1n) is 6.71. The molecule has 0 bridgehead atoms. The molecule has 20 heavy (non-hydrogen) atoms. The van der Waals surface area contributed by atoms with Gasteiger partial charge in [0.1, 0.15) is 0 Å². The highest BCUT2D eigenvalue weighted by molar-refractivity contribution is 9.10. The Bertz CT molecular complexity index is 445. The zero-order valence-corrected chi connectivity index (χ0v) is 13.2. The predicted molar refractivity (Wildman–Crippen MR) is 86.8 cm³/mol. The van der Waals surface area contributed by atoms with Crippen molar-refractivity contribution < 1.29 is 4.79 Å². The van der Waals surface area contributed by atoms with Crippen LogP contribution in [-0.4, -0.2) is 25.0 Å². The second kappa shape index (κ2) is 9.36. The van der Waals surface area contributed by atoms with Crippen molar-refractivity contribution in [3.05, 3.63) is 28.7 Å². The van der Waals surface area contributed by atoms with E-state index in [0.717, 1.165) is 29.5 Å². The molecule has 0 aromatic heterocycles. The van der Waals surface area contributed by atoms with Crippen LogP contribution in [-0.2, 0) is 4.79 Å². The number of nitrogens with two attached hydrogens (primary N) is 1. The van der Waals surface area contributed by atoms with Gasteiger partial charge in [0.25, 0.3) is 0 Å². The maximum atomic E-state index is 11.7. The highest BCUT2D eigenvalue weighted by Gasteiger charge is 2.02. The summed E-state index contributed by atoms with van der Waals surface area (Å²) < 4.78 is 0.980. The number of anilines is 1. The van der Waals surface area contributed by atoms with Crippen LogP contribution in [0.4, 0.5) is 5.69 Å². The minimum Gasteiger partial charge on any atom is -0.370 e. The number of carbonyl (C=O) groups is 1. The van der Waals surface area contributed by atoms with E-state index in [0.29, 0.717) is 18.9 Å². The largest absolute Gasteiger partial charge is 0.370 e. The van der Waals surface area contributed by atoms with Gasteiger partial charge in [0.2, 0.25) is 5.91 Å². The van der Waals surface area contributed by atoms with Crippen LogP contribution in [0.2, 0.25) is 0 Å². The normalized spacial score (nSPS) is 11.2. The van der Waals surface area contributed by atoms with E-state index in [-0.39, 0.29) is 5.91 Å². The Morgan fingerprint density at radius 2 is 2.05 bits per heavy atom. The van der Waals surface area contributed by atoms with Gasteiger partial charge in [-0.05, 0) is 30.7 Å². The smallest absolute Gasteiger partial charge is 0.226 e. The maximum Gasteiger partial charge on any atom is 0.226 e. The van der Waals surface area contributed by atoms with E-state index in [4.69, 9.17) is 5.73 Å². The van der Waals surface area contributed by atoms with Crippen molar-refractivity contribution in [2.75, 3.05) is 18.4 Å². The van der Waals surface area contributed by atoms with Crippen LogP contribution in [0.15, 0.2) is 33.7 Å². The fraction of sp³-hybridized carbons (Fsp3) is 0.429. The SMILES string of the molecule is CCCCN=C(N)NCCC(=O)Nc1ccc(Br)cc1. The summed E-state index contributed by atoms with van der Waals surface area (Å²) in [6, 6.07) is 7.45. The van der Waals surface area contributed by atoms with E-state index in [1.54, 1.807) is 0 Å². The lowest BCUT2D eigenvalue weighted by atomic mass is 10.3. The molecule has 0 saturated carbocycles. The second-order valence-electron chi connectivity index (χ2n) is 4.35. The fourth-order valence-electron chi connectivity index (χ4n) is 1.47. The third kappa shape index (κ3) is 7.13. The number of aliphatic imine (C=N–C) groups is 1. The summed E-state index contributed by atoms with van der Waals surface area (Å²) in [5.41, 5.74) is 6.45. The lowest BCUT2D eigenvalue weighted by Crippen LogP contribution is -2.34. The lowest BCUT2D eigenvalue weighted by molar-refractivity contribution is -0.116. The van der Waals surface area contributed by atoms with Gasteiger partial charge >= 0.3 is 0 Å². The van der Waals surface area contributed by atoms with E-state index >= 15 is 0 Å². The molecule has 0 saturated heterocycles. The fourth-order valence-corrected chi connectivity index (χ4v) is 1.74. The van der Waals surface area contributed by atoms with Gasteiger partial charge in [-0.25, -0.2) is 0 Å². The first-order valence-corrected chi connectivity index (χ1v) is 7.50. The van der Waals surface area contributed by atoms with Crippen molar-refractivity contribution in [2.45, 2.75) is 26.2 Å². The van der Waals surface area contributed by atoms with E-state index < -0.39 is 0 Å². The van der Waals surface area contributed by atoms with Gasteiger partial charge in [-0.2, -0.15) is 0 Å². The van der Waals surface area contributed by atoms with Gasteiger partial charge in [-0.3, -0.25) is 9.79 Å². The number of halogens is 1. The predicted octanol–water partition coefficient (Wildman–Crippen LogP) is 2.48. The Hall–Kier alpha value is -1.56. The van der Waals surface area contributed by atoms with Gasteiger partial charge in [0, 0.05) is 29.7 Å². The van der Waals surface area contributed by atoms with Crippen molar-refractivity contribution in [1.82, 2.24) is 5.32 Å². The average Bonchev–Trinajstić information content (AvgIpc) is 2.42. The van der Waals surface area contributed by atoms with E-state index in [9.17, 15) is 4.79 Å². The van der Waals surface area contributed by atoms with Crippen LogP contribution in [0.3, 0.4) is 0 Å². The highest BCUT2D eigenvalue weighted by Crippen LogP contribution is 2.14. The summed E-state index contributed by atoms with van der Waals surface area (Å²) in [7, 11) is 0. The van der Waals surface area contributed by atoms with Crippen molar-refractivity contribution in [3.63, 3.8) is 0 Å². The molecule has 110 valence electrons. The summed E-state index contributed by atoms with van der Waals surface area (Å²) in [5, 5.41) is 5.74. The number of unbranched alkanes of at least 4 members (excludes halogenated alkanes) is 1. The lowest BCUT2D eigenvalue weighted by Gasteiger charge is -2.07. The molecule has 0 radical (unpaired) electrons. The van der Waals surface area contributed by atoms with Crippen LogP contribution in [0.5, 0.6) is 0 Å². The molecule has 0 aliphatic rings. The number of hydrogen-bond donors (Lipinski definition) is 3. The summed E-state index contributed by atoms with van der Waals surface area (Å²) in [6.45, 7) is 3.30. The van der Waals surface area contributed by atoms with E-state index in [2.05, 4.69) is 38.5 Å². The summed E-state index contributed by atoms with van der Waals surface area (Å²) in [5.74, 6) is 0.344. The number of guanidine groups is 1. The Balaban J connectivity index is 2.23. The van der Waals surface area contributed by atoms with Crippen LogP contribution in [0, 0.1) is 0 Å². The zero-order valence-electron chi connectivity index (χ0n) is 11.7. The van der Waals surface area contributed by atoms with Crippen LogP contribution in [0.1, 0.15) is 26.2 Å².